The van der Waals surface area contributed by atoms with Crippen LogP contribution in [0.3, 0.4) is 0 Å². The van der Waals surface area contributed by atoms with Gasteiger partial charge in [-0.15, -0.1) is 0 Å². The average Bonchev–Trinajstić information content (AvgIpc) is 3.72. The van der Waals surface area contributed by atoms with Gasteiger partial charge < -0.3 is 4.57 Å². The van der Waals surface area contributed by atoms with Crippen LogP contribution in [-0.2, 0) is 5.41 Å². The molecule has 0 saturated heterocycles. The van der Waals surface area contributed by atoms with Crippen molar-refractivity contribution in [2.45, 2.75) is 19.3 Å². The van der Waals surface area contributed by atoms with Crippen LogP contribution in [-0.4, -0.2) is 19.5 Å². The van der Waals surface area contributed by atoms with Gasteiger partial charge in [0.05, 0.1) is 16.7 Å². The molecule has 0 radical (unpaired) electrons. The highest BCUT2D eigenvalue weighted by molar-refractivity contribution is 6.28. The van der Waals surface area contributed by atoms with Crippen molar-refractivity contribution in [2.24, 2.45) is 0 Å². The average molecular weight is 741 g/mol. The Morgan fingerprint density at radius 3 is 1.53 bits per heavy atom. The standard InChI is InChI=1S/C54H36N4/c1-54(2)45-26-14-13-23-39(45)42-31-44-43-30-35(53-56-51(33-16-5-3-6-17-33)55-52(57-53)34-18-7-4-8-19-34)28-29-47(43)58(49(44)32-46(42)54)48-27-15-25-41-38-21-10-9-20-36(38)37-22-11-12-24-40(37)50(41)48/h3-32H,1-2H3. The Hall–Kier alpha value is -7.43. The first-order valence-electron chi connectivity index (χ1n) is 20.0. The van der Waals surface area contributed by atoms with Gasteiger partial charge in [-0.3, -0.25) is 0 Å². The van der Waals surface area contributed by atoms with Gasteiger partial charge in [0, 0.05) is 38.3 Å². The first-order valence-corrected chi connectivity index (χ1v) is 20.0. The van der Waals surface area contributed by atoms with E-state index < -0.39 is 0 Å². The molecule has 9 aromatic carbocycles. The van der Waals surface area contributed by atoms with Crippen LogP contribution in [0.1, 0.15) is 25.0 Å². The van der Waals surface area contributed by atoms with Crippen molar-refractivity contribution in [2.75, 3.05) is 0 Å². The van der Waals surface area contributed by atoms with Crippen LogP contribution < -0.4 is 0 Å². The summed E-state index contributed by atoms with van der Waals surface area (Å²) < 4.78 is 2.51. The largest absolute Gasteiger partial charge is 0.309 e. The minimum atomic E-state index is -0.152. The zero-order chi connectivity index (χ0) is 38.5. The molecule has 1 aliphatic carbocycles. The van der Waals surface area contributed by atoms with Crippen molar-refractivity contribution in [3.05, 3.63) is 193 Å². The zero-order valence-electron chi connectivity index (χ0n) is 32.1. The van der Waals surface area contributed by atoms with Crippen LogP contribution in [0.2, 0.25) is 0 Å². The normalized spacial score (nSPS) is 13.1. The predicted molar refractivity (Wildman–Crippen MR) is 241 cm³/mol. The summed E-state index contributed by atoms with van der Waals surface area (Å²) in [6, 6.07) is 65.4. The second-order valence-electron chi connectivity index (χ2n) is 16.0. The molecule has 2 aromatic heterocycles. The van der Waals surface area contributed by atoms with Gasteiger partial charge in [-0.25, -0.2) is 15.0 Å². The maximum absolute atomic E-state index is 5.13. The maximum atomic E-state index is 5.13. The quantitative estimate of drug-likeness (QED) is 0.169. The molecule has 4 nitrogen and oxygen atoms in total. The summed E-state index contributed by atoms with van der Waals surface area (Å²) in [5.41, 5.74) is 11.5. The van der Waals surface area contributed by atoms with E-state index in [1.165, 1.54) is 71.2 Å². The second-order valence-corrected chi connectivity index (χ2v) is 16.0. The number of rotatable bonds is 4. The highest BCUT2D eigenvalue weighted by atomic mass is 15.0. The van der Waals surface area contributed by atoms with Crippen molar-refractivity contribution in [1.29, 1.82) is 0 Å². The van der Waals surface area contributed by atoms with Gasteiger partial charge >= 0.3 is 0 Å². The molecule has 4 heteroatoms. The number of benzene rings is 9. The first-order chi connectivity index (χ1) is 28.5. The molecule has 0 atom stereocenters. The van der Waals surface area contributed by atoms with Gasteiger partial charge in [0.15, 0.2) is 17.5 Å². The fourth-order valence-electron chi connectivity index (χ4n) is 9.67. The molecule has 0 bridgehead atoms. The Morgan fingerprint density at radius 2 is 0.879 bits per heavy atom. The van der Waals surface area contributed by atoms with E-state index in [0.29, 0.717) is 17.5 Å². The lowest BCUT2D eigenvalue weighted by Gasteiger charge is -2.22. The second kappa shape index (κ2) is 12.3. The number of fused-ring (bicyclic) bond motifs is 12. The van der Waals surface area contributed by atoms with Crippen molar-refractivity contribution in [3.8, 4) is 51.0 Å². The molecule has 11 aromatic rings. The summed E-state index contributed by atoms with van der Waals surface area (Å²) in [6.07, 6.45) is 0. The zero-order valence-corrected chi connectivity index (χ0v) is 32.1. The molecular formula is C54H36N4. The molecule has 0 fully saturated rings. The summed E-state index contributed by atoms with van der Waals surface area (Å²) in [4.78, 5) is 15.2. The Kier molecular flexibility index (Phi) is 6.94. The summed E-state index contributed by atoms with van der Waals surface area (Å²) >= 11 is 0. The molecule has 1 aliphatic rings. The topological polar surface area (TPSA) is 43.6 Å². The van der Waals surface area contributed by atoms with E-state index in [0.717, 1.165) is 27.6 Å². The van der Waals surface area contributed by atoms with E-state index in [1.54, 1.807) is 0 Å². The van der Waals surface area contributed by atoms with Gasteiger partial charge in [-0.1, -0.05) is 159 Å². The van der Waals surface area contributed by atoms with E-state index in [2.05, 4.69) is 164 Å². The van der Waals surface area contributed by atoms with Crippen LogP contribution in [0, 0.1) is 0 Å². The van der Waals surface area contributed by atoms with E-state index in [4.69, 9.17) is 15.0 Å². The first kappa shape index (κ1) is 32.8. The Labute approximate surface area is 335 Å². The molecule has 0 saturated carbocycles. The molecule has 0 spiro atoms. The SMILES string of the molecule is CC1(C)c2ccccc2-c2cc3c4cc(-c5nc(-c6ccccc6)nc(-c6ccccc6)n5)ccc4n(-c4cccc5c6ccccc6c6ccccc6c45)c3cc21. The minimum absolute atomic E-state index is 0.152. The van der Waals surface area contributed by atoms with Gasteiger partial charge in [-0.05, 0) is 85.6 Å². The van der Waals surface area contributed by atoms with Gasteiger partial charge in [0.1, 0.15) is 0 Å². The molecule has 58 heavy (non-hydrogen) atoms. The van der Waals surface area contributed by atoms with E-state index in [-0.39, 0.29) is 5.41 Å². The van der Waals surface area contributed by atoms with Gasteiger partial charge in [-0.2, -0.15) is 0 Å². The molecule has 0 unspecified atom stereocenters. The highest BCUT2D eigenvalue weighted by Crippen LogP contribution is 2.51. The fraction of sp³-hybridized carbons (Fsp3) is 0.0556. The van der Waals surface area contributed by atoms with Crippen LogP contribution in [0.4, 0.5) is 0 Å². The number of nitrogens with zero attached hydrogens (tertiary/aromatic N) is 4. The molecule has 272 valence electrons. The summed E-state index contributed by atoms with van der Waals surface area (Å²) in [6.45, 7) is 4.73. The van der Waals surface area contributed by atoms with Crippen LogP contribution >= 0.6 is 0 Å². The predicted octanol–water partition coefficient (Wildman–Crippen LogP) is 13.7. The summed E-state index contributed by atoms with van der Waals surface area (Å²) in [7, 11) is 0. The van der Waals surface area contributed by atoms with Crippen LogP contribution in [0.15, 0.2) is 182 Å². The van der Waals surface area contributed by atoms with Crippen LogP contribution in [0.25, 0.3) is 105 Å². The molecular weight excluding hydrogens is 705 g/mol. The smallest absolute Gasteiger partial charge is 0.164 e. The van der Waals surface area contributed by atoms with E-state index in [9.17, 15) is 0 Å². The molecule has 12 rings (SSSR count). The molecule has 0 N–H and O–H groups in total. The van der Waals surface area contributed by atoms with Gasteiger partial charge in [0.25, 0.3) is 0 Å². The maximum Gasteiger partial charge on any atom is 0.164 e. The van der Waals surface area contributed by atoms with Crippen LogP contribution in [0.5, 0.6) is 0 Å². The molecule has 0 aliphatic heterocycles. The third-order valence-electron chi connectivity index (χ3n) is 12.4. The lowest BCUT2D eigenvalue weighted by molar-refractivity contribution is 0.661. The minimum Gasteiger partial charge on any atom is -0.309 e. The van der Waals surface area contributed by atoms with Crippen molar-refractivity contribution >= 4 is 54.1 Å². The molecule has 2 heterocycles. The van der Waals surface area contributed by atoms with Crippen molar-refractivity contribution < 1.29 is 0 Å². The highest BCUT2D eigenvalue weighted by Gasteiger charge is 2.36. The lowest BCUT2D eigenvalue weighted by Crippen LogP contribution is -2.15. The fourth-order valence-corrected chi connectivity index (χ4v) is 9.67. The summed E-state index contributed by atoms with van der Waals surface area (Å²) in [5, 5.41) is 9.90. The Morgan fingerprint density at radius 1 is 0.362 bits per heavy atom. The van der Waals surface area contributed by atoms with E-state index >= 15 is 0 Å². The number of hydrogen-bond acceptors (Lipinski definition) is 3. The Bertz CT molecular complexity index is 3370. The monoisotopic (exact) mass is 740 g/mol. The van der Waals surface area contributed by atoms with Crippen molar-refractivity contribution in [3.63, 3.8) is 0 Å². The molecule has 0 amide bonds. The third-order valence-corrected chi connectivity index (χ3v) is 12.4. The van der Waals surface area contributed by atoms with Gasteiger partial charge in [0.2, 0.25) is 0 Å². The Balaban J connectivity index is 1.19. The number of hydrogen-bond donors (Lipinski definition) is 0. The summed E-state index contributed by atoms with van der Waals surface area (Å²) in [5.74, 6) is 1.95. The third kappa shape index (κ3) is 4.72. The lowest BCUT2D eigenvalue weighted by atomic mass is 9.82. The van der Waals surface area contributed by atoms with Crippen molar-refractivity contribution in [1.82, 2.24) is 19.5 Å². The number of aromatic nitrogens is 4. The van der Waals surface area contributed by atoms with E-state index in [1.807, 2.05) is 36.4 Å².